The van der Waals surface area contributed by atoms with Crippen LogP contribution in [0.15, 0.2) is 133 Å². The quantitative estimate of drug-likeness (QED) is 0.0241. The van der Waals surface area contributed by atoms with Gasteiger partial charge in [0, 0.05) is 65.9 Å². The van der Waals surface area contributed by atoms with E-state index in [1.54, 1.807) is 74.1 Å². The van der Waals surface area contributed by atoms with Gasteiger partial charge in [0.05, 0.1) is 13.0 Å². The minimum absolute atomic E-state index is 0.00249. The Hall–Kier alpha value is -9.67. The number of nitrogens with one attached hydrogen (secondary N) is 8. The first-order chi connectivity index (χ1) is 48.5. The Morgan fingerprint density at radius 1 is 0.584 bits per heavy atom. The number of likely N-dealkylation sites (tertiary alicyclic amines) is 1. The van der Waals surface area contributed by atoms with E-state index < -0.39 is 145 Å². The monoisotopic (exact) mass is 1450 g/mol. The van der Waals surface area contributed by atoms with Crippen LogP contribution in [0.25, 0.3) is 0 Å². The number of nitrogens with zero attached hydrogens (tertiary/aromatic N) is 1. The number of halogens is 1. The van der Waals surface area contributed by atoms with E-state index in [0.29, 0.717) is 58.6 Å². The lowest BCUT2D eigenvalue weighted by atomic mass is 9.96. The van der Waals surface area contributed by atoms with Gasteiger partial charge in [-0.1, -0.05) is 153 Å². The van der Waals surface area contributed by atoms with Crippen molar-refractivity contribution >= 4 is 106 Å². The number of rotatable bonds is 42. The van der Waals surface area contributed by atoms with Crippen LogP contribution in [0.3, 0.4) is 0 Å². The lowest BCUT2D eigenvalue weighted by Gasteiger charge is -2.31. The maximum Gasteiger partial charge on any atom is 0.407 e. The Labute approximate surface area is 601 Å². The predicted octanol–water partition coefficient (Wildman–Crippen LogP) is 4.42. The van der Waals surface area contributed by atoms with Gasteiger partial charge in [-0.15, -0.1) is 0 Å². The van der Waals surface area contributed by atoms with E-state index in [0.717, 1.165) is 22.3 Å². The second-order valence-electron chi connectivity index (χ2n) is 24.4. The first kappa shape index (κ1) is 80.3. The Morgan fingerprint density at radius 2 is 1.19 bits per heavy atom. The summed E-state index contributed by atoms with van der Waals surface area (Å²) in [5, 5.41) is 21.5. The smallest absolute Gasteiger partial charge is 0.407 e. The van der Waals surface area contributed by atoms with Crippen LogP contribution in [0.2, 0.25) is 5.02 Å². The highest BCUT2D eigenvalue weighted by atomic mass is 35.5. The summed E-state index contributed by atoms with van der Waals surface area (Å²) in [7, 11) is 0. The Morgan fingerprint density at radius 3 is 1.85 bits per heavy atom. The van der Waals surface area contributed by atoms with Crippen LogP contribution in [-0.4, -0.2) is 149 Å². The third kappa shape index (κ3) is 28.5. The third-order valence-corrected chi connectivity index (χ3v) is 18.9. The van der Waals surface area contributed by atoms with Crippen LogP contribution in [0.1, 0.15) is 105 Å². The molecule has 8 atom stereocenters. The zero-order chi connectivity index (χ0) is 73.2. The van der Waals surface area contributed by atoms with Gasteiger partial charge in [-0.05, 0) is 85.4 Å². The van der Waals surface area contributed by atoms with Crippen molar-refractivity contribution in [1.29, 1.82) is 0 Å². The predicted molar refractivity (Wildman–Crippen MR) is 385 cm³/mol. The lowest BCUT2D eigenvalue weighted by molar-refractivity contribution is -0.142. The molecule has 12 amide bonds. The minimum atomic E-state index is -1.81. The number of benzene rings is 5. The lowest BCUT2D eigenvalue weighted by Crippen LogP contribution is -2.61. The van der Waals surface area contributed by atoms with Crippen LogP contribution < -0.4 is 64.5 Å². The van der Waals surface area contributed by atoms with Crippen molar-refractivity contribution in [1.82, 2.24) is 47.4 Å². The fourth-order valence-corrected chi connectivity index (χ4v) is 12.7. The highest BCUT2D eigenvalue weighted by Crippen LogP contribution is 2.24. The molecule has 0 saturated carbocycles. The van der Waals surface area contributed by atoms with Crippen molar-refractivity contribution in [2.24, 2.45) is 23.1 Å². The summed E-state index contributed by atoms with van der Waals surface area (Å²) in [4.78, 5) is 165. The second kappa shape index (κ2) is 42.4. The minimum Gasteiger partial charge on any atom is -0.489 e. The molecule has 0 spiro atoms. The Bertz CT molecular complexity index is 3600. The van der Waals surface area contributed by atoms with Gasteiger partial charge in [0.2, 0.25) is 65.0 Å². The van der Waals surface area contributed by atoms with Crippen LogP contribution in [0.4, 0.5) is 4.79 Å². The van der Waals surface area contributed by atoms with E-state index in [-0.39, 0.29) is 57.6 Å². The third-order valence-electron chi connectivity index (χ3n) is 16.4. The maximum absolute atomic E-state index is 14.9. The summed E-state index contributed by atoms with van der Waals surface area (Å²) in [6.07, 6.45) is -1.60. The number of primary amides is 3. The van der Waals surface area contributed by atoms with Crippen LogP contribution in [-0.2, 0) is 88.6 Å². The number of alkyl carbamates (subject to hydrolysis) is 1. The fraction of sp³-hybridized carbons (Fsp3) is 0.417. The van der Waals surface area contributed by atoms with Crippen molar-refractivity contribution in [3.63, 3.8) is 0 Å². The molecule has 6 rings (SSSR count). The molecule has 0 aromatic heterocycles. The molecular formula is C72H91ClN12O14S2. The number of ether oxygens (including phenoxy) is 2. The number of hydrogen-bond acceptors (Lipinski definition) is 16. The number of thioether (sulfide) groups is 2. The van der Waals surface area contributed by atoms with Gasteiger partial charge in [-0.2, -0.15) is 23.5 Å². The van der Waals surface area contributed by atoms with Crippen molar-refractivity contribution in [3.05, 3.63) is 172 Å². The van der Waals surface area contributed by atoms with Gasteiger partial charge in [0.15, 0.2) is 0 Å². The Balaban J connectivity index is 1.17. The number of aryl methyl sites for hydroxylation is 1. The van der Waals surface area contributed by atoms with Gasteiger partial charge < -0.3 is 74.1 Å². The first-order valence-electron chi connectivity index (χ1n) is 33.4. The molecule has 1 aliphatic heterocycles. The van der Waals surface area contributed by atoms with E-state index in [9.17, 15) is 57.5 Å². The van der Waals surface area contributed by atoms with Crippen LogP contribution in [0, 0.1) is 12.8 Å². The topological polar surface area (TPSA) is 401 Å². The molecule has 101 heavy (non-hydrogen) atoms. The summed E-state index contributed by atoms with van der Waals surface area (Å²) in [5.41, 5.74) is 21.8. The molecule has 1 heterocycles. The van der Waals surface area contributed by atoms with E-state index >= 15 is 0 Å². The summed E-state index contributed by atoms with van der Waals surface area (Å²) in [6, 6.07) is 30.7. The molecule has 1 saturated heterocycles. The zero-order valence-corrected chi connectivity index (χ0v) is 59.2. The van der Waals surface area contributed by atoms with Crippen molar-refractivity contribution in [2.45, 2.75) is 152 Å². The number of amides is 12. The largest absolute Gasteiger partial charge is 0.489 e. The average molecular weight is 1450 g/mol. The summed E-state index contributed by atoms with van der Waals surface area (Å²) in [6.45, 7) is 5.12. The van der Waals surface area contributed by atoms with Gasteiger partial charge in [0.1, 0.15) is 61.3 Å². The number of carbonyl (C=O) groups is 12. The summed E-state index contributed by atoms with van der Waals surface area (Å²) < 4.78 is 11.2. The molecule has 1 aliphatic rings. The molecule has 0 radical (unpaired) electrons. The fourth-order valence-electron chi connectivity index (χ4n) is 10.6. The number of nitrogens with two attached hydrogens (primary N) is 3. The van der Waals surface area contributed by atoms with E-state index in [1.165, 1.54) is 16.7 Å². The molecule has 1 fully saturated rings. The zero-order valence-electron chi connectivity index (χ0n) is 56.8. The van der Waals surface area contributed by atoms with Crippen LogP contribution in [0.5, 0.6) is 5.75 Å². The van der Waals surface area contributed by atoms with Gasteiger partial charge in [0.25, 0.3) is 0 Å². The van der Waals surface area contributed by atoms with Crippen molar-refractivity contribution < 1.29 is 67.0 Å². The maximum atomic E-state index is 14.9. The van der Waals surface area contributed by atoms with E-state index in [1.807, 2.05) is 91.9 Å². The van der Waals surface area contributed by atoms with E-state index in [2.05, 4.69) is 42.5 Å². The molecule has 542 valence electrons. The molecule has 26 nitrogen and oxygen atoms in total. The van der Waals surface area contributed by atoms with Gasteiger partial charge in [-0.3, -0.25) is 52.7 Å². The van der Waals surface area contributed by atoms with Crippen molar-refractivity contribution in [3.8, 4) is 5.75 Å². The first-order valence-corrected chi connectivity index (χ1v) is 36.0. The summed E-state index contributed by atoms with van der Waals surface area (Å²) in [5.74, 6) is -7.92. The molecule has 5 aromatic carbocycles. The van der Waals surface area contributed by atoms with Gasteiger partial charge in [-0.25, -0.2) is 4.79 Å². The van der Waals surface area contributed by atoms with E-state index in [4.69, 9.17) is 38.3 Å². The molecular weight excluding hydrogens is 1360 g/mol. The molecule has 29 heteroatoms. The number of hydrogen-bond donors (Lipinski definition) is 11. The SMILES string of the molecule is CC[C@H](C)[C@H](NC(=O)[C@H](Cc1ccc(OCc2ccccc2)cc1)NC(=O)CCSCc1ccc(C)cc1)C(=O)N[C@@H](CCC(N)=O)C(=O)N[C@@H](CC(N)=O)C(=O)N[C@@H](CSCc1ccccc1)C(=O)N1CCC[C@H]1C(=O)N[C@@H](CCCNC(=O)OCc1ccccc1Cl)C(=O)NCC(N)=O. The van der Waals surface area contributed by atoms with Crippen molar-refractivity contribution in [2.75, 3.05) is 31.1 Å². The number of carbonyl (C=O) groups excluding carboxylic acids is 12. The Kier molecular flexibility index (Phi) is 33.7. The summed E-state index contributed by atoms with van der Waals surface area (Å²) >= 11 is 8.98. The van der Waals surface area contributed by atoms with Crippen LogP contribution >= 0.6 is 35.1 Å². The normalized spacial score (nSPS) is 14.5. The highest BCUT2D eigenvalue weighted by Gasteiger charge is 2.41. The standard InChI is InChI=1S/C72H91ClN12O14S2/c1-4-46(3)64(84-68(93)56(79-63(89)33-36-100-42-50-25-23-45(2)24-26-50)37-47-27-29-52(30-28-47)98-40-48-15-7-5-8-16-48)70(95)81-55(31-32-60(74)86)66(91)82-57(38-61(75)87)67(92)83-58(44-101-43-49-17-9-6-10-18-49)71(96)85-35-14-22-59(85)69(94)80-54(65(90)78-39-62(76)88)21-13-34-77-72(97)99-41-51-19-11-12-20-53(51)73/h5-12,15-20,23-30,46,54-59,64H,4,13-14,21-22,31-44H2,1-3H3,(H2,74,86)(H2,75,87)(H2,76,88)(H,77,97)(H,78,90)(H,79,89)(H,80,94)(H,81,95)(H,82,91)(H,83,92)(H,84,93)/t46-,54-,55-,56-,57-,58-,59-,64-/m0/s1. The molecule has 0 unspecified atom stereocenters. The second-order valence-corrected chi connectivity index (χ2v) is 27.0. The molecule has 0 aliphatic carbocycles. The molecule has 0 bridgehead atoms. The average Bonchev–Trinajstić information content (AvgIpc) is 1.73. The molecule has 14 N–H and O–H groups in total. The highest BCUT2D eigenvalue weighted by molar-refractivity contribution is 7.98. The molecule has 5 aromatic rings. The van der Waals surface area contributed by atoms with Gasteiger partial charge >= 0.3 is 6.09 Å².